The summed E-state index contributed by atoms with van der Waals surface area (Å²) < 4.78 is 0. The molecule has 2 rings (SSSR count). The Labute approximate surface area is 95.3 Å². The molecular formula is C12H19NOS. The van der Waals surface area contributed by atoms with E-state index >= 15 is 0 Å². The van der Waals surface area contributed by atoms with Crippen molar-refractivity contribution in [3.8, 4) is 0 Å². The van der Waals surface area contributed by atoms with E-state index in [4.69, 9.17) is 0 Å². The van der Waals surface area contributed by atoms with Crippen LogP contribution in [0, 0.1) is 12.3 Å². The maximum absolute atomic E-state index is 9.31. The quantitative estimate of drug-likeness (QED) is 0.806. The smallest absolute Gasteiger partial charge is 0.0499 e. The van der Waals surface area contributed by atoms with Gasteiger partial charge in [0.15, 0.2) is 0 Å². The van der Waals surface area contributed by atoms with Gasteiger partial charge in [0.2, 0.25) is 0 Å². The lowest BCUT2D eigenvalue weighted by molar-refractivity contribution is 0.0445. The van der Waals surface area contributed by atoms with Crippen LogP contribution in [0.2, 0.25) is 0 Å². The molecule has 2 N–H and O–H groups in total. The minimum absolute atomic E-state index is 0.200. The van der Waals surface area contributed by atoms with Crippen molar-refractivity contribution in [1.82, 2.24) is 5.32 Å². The van der Waals surface area contributed by atoms with Crippen LogP contribution in [-0.2, 0) is 6.54 Å². The monoisotopic (exact) mass is 225 g/mol. The fourth-order valence-electron chi connectivity index (χ4n) is 2.09. The van der Waals surface area contributed by atoms with Gasteiger partial charge in [0, 0.05) is 30.0 Å². The van der Waals surface area contributed by atoms with E-state index in [1.165, 1.54) is 29.7 Å². The first-order valence-corrected chi connectivity index (χ1v) is 6.48. The highest BCUT2D eigenvalue weighted by Crippen LogP contribution is 2.39. The van der Waals surface area contributed by atoms with Crippen LogP contribution in [0.25, 0.3) is 0 Å². The van der Waals surface area contributed by atoms with E-state index in [0.717, 1.165) is 13.1 Å². The largest absolute Gasteiger partial charge is 0.396 e. The van der Waals surface area contributed by atoms with Crippen LogP contribution in [0.5, 0.6) is 0 Å². The van der Waals surface area contributed by atoms with Gasteiger partial charge in [0.05, 0.1) is 0 Å². The summed E-state index contributed by atoms with van der Waals surface area (Å²) in [6.07, 6.45) is 3.64. The molecule has 1 heterocycles. The minimum Gasteiger partial charge on any atom is -0.396 e. The molecule has 3 heteroatoms. The highest BCUT2D eigenvalue weighted by atomic mass is 32.1. The van der Waals surface area contributed by atoms with Crippen molar-refractivity contribution in [2.45, 2.75) is 32.7 Å². The van der Waals surface area contributed by atoms with E-state index in [2.05, 4.69) is 23.7 Å². The van der Waals surface area contributed by atoms with Gasteiger partial charge in [-0.1, -0.05) is 6.42 Å². The first-order chi connectivity index (χ1) is 7.26. The van der Waals surface area contributed by atoms with Gasteiger partial charge in [-0.15, -0.1) is 11.3 Å². The van der Waals surface area contributed by atoms with Gasteiger partial charge in [-0.05, 0) is 36.8 Å². The topological polar surface area (TPSA) is 32.3 Å². The van der Waals surface area contributed by atoms with E-state index in [1.807, 2.05) is 11.3 Å². The van der Waals surface area contributed by atoms with E-state index in [1.54, 1.807) is 0 Å². The molecular weight excluding hydrogens is 206 g/mol. The third-order valence-corrected chi connectivity index (χ3v) is 4.53. The van der Waals surface area contributed by atoms with Gasteiger partial charge in [-0.25, -0.2) is 0 Å². The third kappa shape index (κ3) is 2.41. The van der Waals surface area contributed by atoms with Crippen molar-refractivity contribution in [2.75, 3.05) is 13.2 Å². The van der Waals surface area contributed by atoms with Gasteiger partial charge in [-0.2, -0.15) is 0 Å². The predicted octanol–water partition coefficient (Wildman–Crippen LogP) is 2.31. The van der Waals surface area contributed by atoms with E-state index in [0.29, 0.717) is 6.61 Å². The summed E-state index contributed by atoms with van der Waals surface area (Å²) in [5.41, 5.74) is 1.57. The number of aliphatic hydroxyl groups is 1. The first kappa shape index (κ1) is 11.1. The molecule has 1 aromatic heterocycles. The maximum Gasteiger partial charge on any atom is 0.0499 e. The van der Waals surface area contributed by atoms with Crippen LogP contribution in [0.15, 0.2) is 11.4 Å². The number of aliphatic hydroxyl groups excluding tert-OH is 1. The van der Waals surface area contributed by atoms with Crippen LogP contribution in [0.1, 0.15) is 29.7 Å². The Bertz CT molecular complexity index is 312. The SMILES string of the molecule is Cc1ccsc1CNCC1(CO)CCC1. The summed E-state index contributed by atoms with van der Waals surface area (Å²) in [4.78, 5) is 1.42. The molecule has 0 aliphatic heterocycles. The zero-order chi connectivity index (χ0) is 10.7. The molecule has 15 heavy (non-hydrogen) atoms. The van der Waals surface area contributed by atoms with Gasteiger partial charge in [0.1, 0.15) is 0 Å². The third-order valence-electron chi connectivity index (χ3n) is 3.50. The molecule has 0 aromatic carbocycles. The molecule has 0 saturated heterocycles. The first-order valence-electron chi connectivity index (χ1n) is 5.60. The molecule has 0 radical (unpaired) electrons. The Morgan fingerprint density at radius 2 is 2.33 bits per heavy atom. The molecule has 0 amide bonds. The fraction of sp³-hybridized carbons (Fsp3) is 0.667. The molecule has 0 bridgehead atoms. The van der Waals surface area contributed by atoms with Crippen molar-refractivity contribution in [3.63, 3.8) is 0 Å². The molecule has 2 nitrogen and oxygen atoms in total. The van der Waals surface area contributed by atoms with Crippen molar-refractivity contribution >= 4 is 11.3 Å². The van der Waals surface area contributed by atoms with Crippen molar-refractivity contribution in [3.05, 3.63) is 21.9 Å². The summed E-state index contributed by atoms with van der Waals surface area (Å²) in [7, 11) is 0. The number of aryl methyl sites for hydroxylation is 1. The molecule has 1 aromatic rings. The highest BCUT2D eigenvalue weighted by Gasteiger charge is 2.35. The Morgan fingerprint density at radius 3 is 2.80 bits per heavy atom. The zero-order valence-corrected chi connectivity index (χ0v) is 10.1. The van der Waals surface area contributed by atoms with Crippen LogP contribution in [0.3, 0.4) is 0 Å². The lowest BCUT2D eigenvalue weighted by Crippen LogP contribution is -2.42. The summed E-state index contributed by atoms with van der Waals surface area (Å²) >= 11 is 1.81. The van der Waals surface area contributed by atoms with Gasteiger partial charge in [-0.3, -0.25) is 0 Å². The fourth-order valence-corrected chi connectivity index (χ4v) is 2.97. The normalized spacial score (nSPS) is 18.8. The number of thiophene rings is 1. The maximum atomic E-state index is 9.31. The molecule has 0 unspecified atom stereocenters. The average molecular weight is 225 g/mol. The number of rotatable bonds is 5. The summed E-state index contributed by atoms with van der Waals surface area (Å²) in [5, 5.41) is 14.9. The van der Waals surface area contributed by atoms with Crippen LogP contribution < -0.4 is 5.32 Å². The Balaban J connectivity index is 1.77. The predicted molar refractivity (Wildman–Crippen MR) is 64.1 cm³/mol. The minimum atomic E-state index is 0.200. The second-order valence-electron chi connectivity index (χ2n) is 4.64. The van der Waals surface area contributed by atoms with Gasteiger partial charge < -0.3 is 10.4 Å². The standard InChI is InChI=1S/C12H19NOS/c1-10-3-6-15-11(10)7-13-8-12(9-14)4-2-5-12/h3,6,13-14H,2,4-5,7-9H2,1H3. The second kappa shape index (κ2) is 4.64. The summed E-state index contributed by atoms with van der Waals surface area (Å²) in [6.45, 7) is 4.40. The van der Waals surface area contributed by atoms with Crippen LogP contribution in [-0.4, -0.2) is 18.3 Å². The van der Waals surface area contributed by atoms with Crippen molar-refractivity contribution in [2.24, 2.45) is 5.41 Å². The summed E-state index contributed by atoms with van der Waals surface area (Å²) in [5.74, 6) is 0. The second-order valence-corrected chi connectivity index (χ2v) is 5.64. The molecule has 1 aliphatic rings. The lowest BCUT2D eigenvalue weighted by Gasteiger charge is -2.40. The highest BCUT2D eigenvalue weighted by molar-refractivity contribution is 7.10. The number of hydrogen-bond acceptors (Lipinski definition) is 3. The lowest BCUT2D eigenvalue weighted by atomic mass is 9.69. The molecule has 84 valence electrons. The Morgan fingerprint density at radius 1 is 1.53 bits per heavy atom. The molecule has 1 fully saturated rings. The van der Waals surface area contributed by atoms with Crippen molar-refractivity contribution in [1.29, 1.82) is 0 Å². The zero-order valence-electron chi connectivity index (χ0n) is 9.25. The van der Waals surface area contributed by atoms with Gasteiger partial charge >= 0.3 is 0 Å². The van der Waals surface area contributed by atoms with Crippen LogP contribution >= 0.6 is 11.3 Å². The van der Waals surface area contributed by atoms with Crippen molar-refractivity contribution < 1.29 is 5.11 Å². The Kier molecular flexibility index (Phi) is 3.44. The van der Waals surface area contributed by atoms with Gasteiger partial charge in [0.25, 0.3) is 0 Å². The molecule has 0 spiro atoms. The van der Waals surface area contributed by atoms with E-state index in [-0.39, 0.29) is 5.41 Å². The molecule has 1 aliphatic carbocycles. The number of nitrogens with one attached hydrogen (secondary N) is 1. The average Bonchev–Trinajstić information content (AvgIpc) is 2.57. The Hall–Kier alpha value is -0.380. The van der Waals surface area contributed by atoms with E-state index in [9.17, 15) is 5.11 Å². The van der Waals surface area contributed by atoms with Crippen LogP contribution in [0.4, 0.5) is 0 Å². The molecule has 0 atom stereocenters. The number of hydrogen-bond donors (Lipinski definition) is 2. The van der Waals surface area contributed by atoms with E-state index < -0.39 is 0 Å². The summed E-state index contributed by atoms with van der Waals surface area (Å²) in [6, 6.07) is 2.16. The molecule has 1 saturated carbocycles.